The van der Waals surface area contributed by atoms with Crippen LogP contribution >= 0.6 is 11.6 Å². The van der Waals surface area contributed by atoms with E-state index in [-0.39, 0.29) is 5.91 Å². The number of halogens is 1. The SMILES string of the molecule is CN(C(=O)c1cc(Cl)ccc1NN)C1CCCC1. The highest BCUT2D eigenvalue weighted by molar-refractivity contribution is 6.31. The van der Waals surface area contributed by atoms with E-state index in [1.165, 1.54) is 12.8 Å². The molecule has 0 saturated heterocycles. The summed E-state index contributed by atoms with van der Waals surface area (Å²) in [7, 11) is 1.85. The maximum atomic E-state index is 12.4. The number of nitrogens with zero attached hydrogens (tertiary/aromatic N) is 1. The van der Waals surface area contributed by atoms with Gasteiger partial charge in [0.25, 0.3) is 5.91 Å². The second kappa shape index (κ2) is 5.59. The van der Waals surface area contributed by atoms with Crippen LogP contribution in [-0.2, 0) is 0 Å². The molecular weight excluding hydrogens is 250 g/mol. The maximum absolute atomic E-state index is 12.4. The van der Waals surface area contributed by atoms with Crippen LogP contribution < -0.4 is 11.3 Å². The zero-order valence-corrected chi connectivity index (χ0v) is 11.2. The fourth-order valence-electron chi connectivity index (χ4n) is 2.47. The Labute approximate surface area is 112 Å². The van der Waals surface area contributed by atoms with Gasteiger partial charge in [0.1, 0.15) is 0 Å². The van der Waals surface area contributed by atoms with Crippen LogP contribution in [0.1, 0.15) is 36.0 Å². The van der Waals surface area contributed by atoms with E-state index < -0.39 is 0 Å². The fourth-order valence-corrected chi connectivity index (χ4v) is 2.64. The average Bonchev–Trinajstić information content (AvgIpc) is 2.90. The highest BCUT2D eigenvalue weighted by Crippen LogP contribution is 2.26. The minimum absolute atomic E-state index is 0.0302. The molecule has 1 aromatic rings. The number of amides is 1. The number of nitrogens with two attached hydrogens (primary N) is 1. The Morgan fingerprint density at radius 2 is 2.11 bits per heavy atom. The number of nitrogen functional groups attached to an aromatic ring is 1. The molecule has 0 bridgehead atoms. The lowest BCUT2D eigenvalue weighted by Gasteiger charge is -2.25. The summed E-state index contributed by atoms with van der Waals surface area (Å²) < 4.78 is 0. The predicted molar refractivity (Wildman–Crippen MR) is 73.6 cm³/mol. The summed E-state index contributed by atoms with van der Waals surface area (Å²) in [5.74, 6) is 5.40. The number of carbonyl (C=O) groups excluding carboxylic acids is 1. The molecule has 1 aliphatic carbocycles. The lowest BCUT2D eigenvalue weighted by atomic mass is 10.1. The van der Waals surface area contributed by atoms with Gasteiger partial charge < -0.3 is 10.3 Å². The first-order valence-corrected chi connectivity index (χ1v) is 6.54. The smallest absolute Gasteiger partial charge is 0.256 e. The van der Waals surface area contributed by atoms with Gasteiger partial charge in [-0.2, -0.15) is 0 Å². The third-order valence-electron chi connectivity index (χ3n) is 3.56. The first-order chi connectivity index (χ1) is 8.63. The third-order valence-corrected chi connectivity index (χ3v) is 3.80. The van der Waals surface area contributed by atoms with Crippen LogP contribution in [0, 0.1) is 0 Å². The molecule has 4 nitrogen and oxygen atoms in total. The van der Waals surface area contributed by atoms with Gasteiger partial charge in [-0.25, -0.2) is 0 Å². The number of hydrogen-bond donors (Lipinski definition) is 2. The first-order valence-electron chi connectivity index (χ1n) is 6.17. The third kappa shape index (κ3) is 2.60. The summed E-state index contributed by atoms with van der Waals surface area (Å²) >= 11 is 5.94. The zero-order valence-electron chi connectivity index (χ0n) is 10.4. The number of benzene rings is 1. The Bertz CT molecular complexity index is 444. The van der Waals surface area contributed by atoms with E-state index in [1.807, 2.05) is 7.05 Å². The van der Waals surface area contributed by atoms with Crippen LogP contribution in [0.25, 0.3) is 0 Å². The Hall–Kier alpha value is -1.26. The molecule has 0 aromatic heterocycles. The highest BCUT2D eigenvalue weighted by atomic mass is 35.5. The Morgan fingerprint density at radius 1 is 1.44 bits per heavy atom. The number of nitrogens with one attached hydrogen (secondary N) is 1. The molecule has 1 saturated carbocycles. The van der Waals surface area contributed by atoms with Crippen LogP contribution in [-0.4, -0.2) is 23.9 Å². The predicted octanol–water partition coefficient (Wildman–Crippen LogP) is 2.64. The number of carbonyl (C=O) groups is 1. The second-order valence-electron chi connectivity index (χ2n) is 4.69. The Balaban J connectivity index is 2.24. The van der Waals surface area contributed by atoms with Crippen molar-refractivity contribution < 1.29 is 4.79 Å². The molecule has 1 aliphatic rings. The molecule has 5 heteroatoms. The van der Waals surface area contributed by atoms with Crippen LogP contribution in [0.15, 0.2) is 18.2 Å². The molecule has 2 rings (SSSR count). The second-order valence-corrected chi connectivity index (χ2v) is 5.13. The minimum atomic E-state index is -0.0302. The lowest BCUT2D eigenvalue weighted by Crippen LogP contribution is -2.35. The van der Waals surface area contributed by atoms with E-state index in [2.05, 4.69) is 5.43 Å². The van der Waals surface area contributed by atoms with E-state index in [4.69, 9.17) is 17.4 Å². The molecule has 0 unspecified atom stereocenters. The quantitative estimate of drug-likeness (QED) is 0.654. The monoisotopic (exact) mass is 267 g/mol. The summed E-state index contributed by atoms with van der Waals surface area (Å²) in [6.07, 6.45) is 4.54. The number of hydrogen-bond acceptors (Lipinski definition) is 3. The molecular formula is C13H18ClN3O. The van der Waals surface area contributed by atoms with Crippen molar-refractivity contribution in [3.8, 4) is 0 Å². The lowest BCUT2D eigenvalue weighted by molar-refractivity contribution is 0.0736. The van der Waals surface area contributed by atoms with Crippen LogP contribution in [0.4, 0.5) is 5.69 Å². The van der Waals surface area contributed by atoms with Gasteiger partial charge in [-0.15, -0.1) is 0 Å². The molecule has 0 heterocycles. The van der Waals surface area contributed by atoms with Crippen molar-refractivity contribution in [3.05, 3.63) is 28.8 Å². The molecule has 0 aliphatic heterocycles. The van der Waals surface area contributed by atoms with Crippen LogP contribution in [0.5, 0.6) is 0 Å². The van der Waals surface area contributed by atoms with E-state index in [1.54, 1.807) is 23.1 Å². The first kappa shape index (κ1) is 13.2. The average molecular weight is 268 g/mol. The van der Waals surface area contributed by atoms with E-state index >= 15 is 0 Å². The number of rotatable bonds is 3. The minimum Gasteiger partial charge on any atom is -0.339 e. The van der Waals surface area contributed by atoms with Crippen LogP contribution in [0.2, 0.25) is 5.02 Å². The van der Waals surface area contributed by atoms with Crippen molar-refractivity contribution in [2.75, 3.05) is 12.5 Å². The molecule has 1 amide bonds. The molecule has 0 spiro atoms. The van der Waals surface area contributed by atoms with Gasteiger partial charge in [-0.05, 0) is 31.0 Å². The number of anilines is 1. The molecule has 3 N–H and O–H groups in total. The fraction of sp³-hybridized carbons (Fsp3) is 0.462. The topological polar surface area (TPSA) is 58.4 Å². The molecule has 98 valence electrons. The standard InChI is InChI=1S/C13H18ClN3O/c1-17(10-4-2-3-5-10)13(18)11-8-9(14)6-7-12(11)16-15/h6-8,10,16H,2-5,15H2,1H3. The van der Waals surface area contributed by atoms with Crippen molar-refractivity contribution in [3.63, 3.8) is 0 Å². The highest BCUT2D eigenvalue weighted by Gasteiger charge is 2.25. The normalized spacial score (nSPS) is 15.7. The Morgan fingerprint density at radius 3 is 2.72 bits per heavy atom. The van der Waals surface area contributed by atoms with Gasteiger partial charge in [-0.1, -0.05) is 24.4 Å². The zero-order chi connectivity index (χ0) is 13.1. The van der Waals surface area contributed by atoms with Gasteiger partial charge in [-0.3, -0.25) is 10.6 Å². The molecule has 0 radical (unpaired) electrons. The van der Waals surface area contributed by atoms with E-state index in [0.29, 0.717) is 22.3 Å². The van der Waals surface area contributed by atoms with Gasteiger partial charge in [0.2, 0.25) is 0 Å². The van der Waals surface area contributed by atoms with Crippen molar-refractivity contribution in [2.45, 2.75) is 31.7 Å². The van der Waals surface area contributed by atoms with Crippen molar-refractivity contribution >= 4 is 23.2 Å². The summed E-state index contributed by atoms with van der Waals surface area (Å²) in [6, 6.07) is 5.42. The van der Waals surface area contributed by atoms with Crippen molar-refractivity contribution in [1.82, 2.24) is 4.90 Å². The largest absolute Gasteiger partial charge is 0.339 e. The van der Waals surface area contributed by atoms with Gasteiger partial charge >= 0.3 is 0 Å². The maximum Gasteiger partial charge on any atom is 0.256 e. The molecule has 1 aromatic carbocycles. The molecule has 0 atom stereocenters. The summed E-state index contributed by atoms with van der Waals surface area (Å²) in [6.45, 7) is 0. The van der Waals surface area contributed by atoms with Crippen LogP contribution in [0.3, 0.4) is 0 Å². The summed E-state index contributed by atoms with van der Waals surface area (Å²) in [4.78, 5) is 14.2. The molecule has 1 fully saturated rings. The summed E-state index contributed by atoms with van der Waals surface area (Å²) in [5, 5.41) is 0.539. The summed E-state index contributed by atoms with van der Waals surface area (Å²) in [5.41, 5.74) is 3.68. The van der Waals surface area contributed by atoms with Crippen molar-refractivity contribution in [1.29, 1.82) is 0 Å². The van der Waals surface area contributed by atoms with E-state index in [0.717, 1.165) is 12.8 Å². The van der Waals surface area contributed by atoms with E-state index in [9.17, 15) is 4.79 Å². The van der Waals surface area contributed by atoms with Gasteiger partial charge in [0, 0.05) is 18.1 Å². The Kier molecular flexibility index (Phi) is 4.09. The van der Waals surface area contributed by atoms with Gasteiger partial charge in [0.05, 0.1) is 11.3 Å². The van der Waals surface area contributed by atoms with Gasteiger partial charge in [0.15, 0.2) is 0 Å². The van der Waals surface area contributed by atoms with Crippen molar-refractivity contribution in [2.24, 2.45) is 5.84 Å². The number of hydrazine groups is 1. The molecule has 18 heavy (non-hydrogen) atoms.